The molecule has 0 fully saturated rings. The van der Waals surface area contributed by atoms with E-state index in [9.17, 15) is 4.79 Å². The minimum atomic E-state index is -0.892. The van der Waals surface area contributed by atoms with E-state index in [0.29, 0.717) is 5.56 Å². The molecule has 0 unspecified atom stereocenters. The van der Waals surface area contributed by atoms with Crippen LogP contribution in [0.25, 0.3) is 0 Å². The molecule has 1 N–H and O–H groups in total. The van der Waals surface area contributed by atoms with Crippen LogP contribution in [-0.4, -0.2) is 18.1 Å². The van der Waals surface area contributed by atoms with Crippen LogP contribution >= 0.6 is 11.3 Å². The van der Waals surface area contributed by atoms with Gasteiger partial charge in [0.25, 0.3) is 0 Å². The lowest BCUT2D eigenvalue weighted by molar-refractivity contribution is 0.0697. The van der Waals surface area contributed by atoms with E-state index in [1.165, 1.54) is 5.56 Å². The van der Waals surface area contributed by atoms with Crippen molar-refractivity contribution in [1.29, 1.82) is 0 Å². The van der Waals surface area contributed by atoms with Gasteiger partial charge in [-0.3, -0.25) is 0 Å². The number of anilines is 1. The number of aromatic carboxylic acids is 1. The van der Waals surface area contributed by atoms with Gasteiger partial charge in [-0.2, -0.15) is 11.3 Å². The molecule has 0 amide bonds. The molecule has 2 aromatic rings. The summed E-state index contributed by atoms with van der Waals surface area (Å²) in [5.74, 6) is -0.892. The van der Waals surface area contributed by atoms with Crippen molar-refractivity contribution in [3.63, 3.8) is 0 Å². The van der Waals surface area contributed by atoms with Crippen LogP contribution in [0.4, 0.5) is 5.69 Å². The zero-order chi connectivity index (χ0) is 12.3. The van der Waals surface area contributed by atoms with E-state index >= 15 is 0 Å². The van der Waals surface area contributed by atoms with Gasteiger partial charge in [-0.1, -0.05) is 0 Å². The van der Waals surface area contributed by atoms with E-state index in [2.05, 4.69) is 21.7 Å². The highest BCUT2D eigenvalue weighted by molar-refractivity contribution is 7.07. The highest BCUT2D eigenvalue weighted by Gasteiger charge is 2.05. The number of carbonyl (C=O) groups is 1. The van der Waals surface area contributed by atoms with E-state index < -0.39 is 5.97 Å². The van der Waals surface area contributed by atoms with E-state index in [1.807, 2.05) is 19.2 Å². The Hall–Kier alpha value is -1.81. The molecule has 1 aromatic heterocycles. The Labute approximate surface area is 104 Å². The average Bonchev–Trinajstić information content (AvgIpc) is 2.82. The number of rotatable bonds is 4. The number of thiophene rings is 1. The minimum Gasteiger partial charge on any atom is -0.478 e. The molecule has 0 aliphatic rings. The minimum absolute atomic E-state index is 0.317. The summed E-state index contributed by atoms with van der Waals surface area (Å²) in [6.07, 6.45) is 0. The zero-order valence-electron chi connectivity index (χ0n) is 9.46. The Morgan fingerprint density at radius 3 is 2.53 bits per heavy atom. The van der Waals surface area contributed by atoms with E-state index in [-0.39, 0.29) is 0 Å². The van der Waals surface area contributed by atoms with Crippen molar-refractivity contribution >= 4 is 23.0 Å². The summed E-state index contributed by atoms with van der Waals surface area (Å²) in [4.78, 5) is 12.8. The predicted octanol–water partition coefficient (Wildman–Crippen LogP) is 3.08. The van der Waals surface area contributed by atoms with Gasteiger partial charge in [-0.15, -0.1) is 0 Å². The Balaban J connectivity index is 2.09. The van der Waals surface area contributed by atoms with Crippen LogP contribution in [0.5, 0.6) is 0 Å². The maximum atomic E-state index is 10.7. The molecule has 0 aliphatic heterocycles. The first kappa shape index (κ1) is 11.7. The summed E-state index contributed by atoms with van der Waals surface area (Å²) in [7, 11) is 1.99. The standard InChI is InChI=1S/C13H13NO2S/c1-14(8-10-6-7-17-9-10)12-4-2-11(3-5-12)13(15)16/h2-7,9H,8H2,1H3,(H,15,16). The molecule has 1 aromatic carbocycles. The van der Waals surface area contributed by atoms with Gasteiger partial charge in [0.15, 0.2) is 0 Å². The molecule has 2 rings (SSSR count). The van der Waals surface area contributed by atoms with Gasteiger partial charge >= 0.3 is 5.97 Å². The summed E-state index contributed by atoms with van der Waals surface area (Å²) >= 11 is 1.68. The second-order valence-corrected chi connectivity index (χ2v) is 4.62. The number of hydrogen-bond donors (Lipinski definition) is 1. The van der Waals surface area contributed by atoms with Gasteiger partial charge in [0.2, 0.25) is 0 Å². The van der Waals surface area contributed by atoms with Crippen molar-refractivity contribution < 1.29 is 9.90 Å². The second-order valence-electron chi connectivity index (χ2n) is 3.84. The summed E-state index contributed by atoms with van der Waals surface area (Å²) < 4.78 is 0. The monoisotopic (exact) mass is 247 g/mol. The topological polar surface area (TPSA) is 40.5 Å². The zero-order valence-corrected chi connectivity index (χ0v) is 10.3. The molecule has 0 saturated carbocycles. The SMILES string of the molecule is CN(Cc1ccsc1)c1ccc(C(=O)O)cc1. The molecule has 17 heavy (non-hydrogen) atoms. The lowest BCUT2D eigenvalue weighted by Gasteiger charge is -2.18. The molecule has 3 nitrogen and oxygen atoms in total. The molecule has 4 heteroatoms. The van der Waals surface area contributed by atoms with Crippen molar-refractivity contribution in [1.82, 2.24) is 0 Å². The number of benzene rings is 1. The average molecular weight is 247 g/mol. The van der Waals surface area contributed by atoms with Gasteiger partial charge < -0.3 is 10.0 Å². The van der Waals surface area contributed by atoms with Crippen LogP contribution in [0.15, 0.2) is 41.1 Å². The Kier molecular flexibility index (Phi) is 3.44. The van der Waals surface area contributed by atoms with Crippen LogP contribution in [0.2, 0.25) is 0 Å². The first-order chi connectivity index (χ1) is 8.16. The predicted molar refractivity (Wildman–Crippen MR) is 69.8 cm³/mol. The maximum absolute atomic E-state index is 10.7. The number of hydrogen-bond acceptors (Lipinski definition) is 3. The van der Waals surface area contributed by atoms with Gasteiger partial charge in [-0.05, 0) is 46.7 Å². The van der Waals surface area contributed by atoms with Crippen molar-refractivity contribution in [2.75, 3.05) is 11.9 Å². The fourth-order valence-electron chi connectivity index (χ4n) is 1.61. The van der Waals surface area contributed by atoms with Gasteiger partial charge in [0.05, 0.1) is 5.56 Å². The number of carboxylic acid groups (broad SMARTS) is 1. The third-order valence-electron chi connectivity index (χ3n) is 2.55. The molecule has 88 valence electrons. The van der Waals surface area contributed by atoms with Gasteiger partial charge in [0.1, 0.15) is 0 Å². The molecular formula is C13H13NO2S. The fourth-order valence-corrected chi connectivity index (χ4v) is 2.27. The van der Waals surface area contributed by atoms with Crippen LogP contribution in [0.3, 0.4) is 0 Å². The Morgan fingerprint density at radius 2 is 2.00 bits per heavy atom. The molecule has 0 saturated heterocycles. The van der Waals surface area contributed by atoms with E-state index in [1.54, 1.807) is 23.5 Å². The lowest BCUT2D eigenvalue weighted by atomic mass is 10.2. The number of nitrogens with zero attached hydrogens (tertiary/aromatic N) is 1. The highest BCUT2D eigenvalue weighted by atomic mass is 32.1. The van der Waals surface area contributed by atoms with Crippen LogP contribution in [0, 0.1) is 0 Å². The highest BCUT2D eigenvalue weighted by Crippen LogP contribution is 2.17. The van der Waals surface area contributed by atoms with Crippen molar-refractivity contribution in [3.05, 3.63) is 52.2 Å². The van der Waals surface area contributed by atoms with Crippen LogP contribution in [-0.2, 0) is 6.54 Å². The third kappa shape index (κ3) is 2.85. The van der Waals surface area contributed by atoms with Crippen LogP contribution < -0.4 is 4.90 Å². The summed E-state index contributed by atoms with van der Waals surface area (Å²) in [6, 6.07) is 9.00. The first-order valence-corrected chi connectivity index (χ1v) is 6.16. The molecular weight excluding hydrogens is 234 g/mol. The summed E-state index contributed by atoms with van der Waals surface area (Å²) in [6.45, 7) is 0.829. The van der Waals surface area contributed by atoms with Crippen molar-refractivity contribution in [3.8, 4) is 0 Å². The third-order valence-corrected chi connectivity index (χ3v) is 3.29. The Morgan fingerprint density at radius 1 is 1.29 bits per heavy atom. The molecule has 0 spiro atoms. The van der Waals surface area contributed by atoms with Crippen LogP contribution in [0.1, 0.15) is 15.9 Å². The Bertz CT molecular complexity index is 491. The molecule has 0 atom stereocenters. The second kappa shape index (κ2) is 5.01. The largest absolute Gasteiger partial charge is 0.478 e. The normalized spacial score (nSPS) is 10.2. The first-order valence-electron chi connectivity index (χ1n) is 5.22. The fraction of sp³-hybridized carbons (Fsp3) is 0.154. The van der Waals surface area contributed by atoms with E-state index in [0.717, 1.165) is 12.2 Å². The van der Waals surface area contributed by atoms with Gasteiger partial charge in [-0.25, -0.2) is 4.79 Å². The van der Waals surface area contributed by atoms with Gasteiger partial charge in [0, 0.05) is 19.3 Å². The van der Waals surface area contributed by atoms with E-state index in [4.69, 9.17) is 5.11 Å². The van der Waals surface area contributed by atoms with Crippen molar-refractivity contribution in [2.24, 2.45) is 0 Å². The maximum Gasteiger partial charge on any atom is 0.335 e. The molecule has 1 heterocycles. The molecule has 0 aliphatic carbocycles. The molecule has 0 bridgehead atoms. The number of carboxylic acids is 1. The van der Waals surface area contributed by atoms with Crippen molar-refractivity contribution in [2.45, 2.75) is 6.54 Å². The molecule has 0 radical (unpaired) electrons. The summed E-state index contributed by atoms with van der Waals surface area (Å²) in [5, 5.41) is 13.0. The smallest absolute Gasteiger partial charge is 0.335 e. The summed E-state index contributed by atoms with van der Waals surface area (Å²) in [5.41, 5.74) is 2.60. The quantitative estimate of drug-likeness (QED) is 0.902. The lowest BCUT2D eigenvalue weighted by Crippen LogP contribution is -2.15.